The molecule has 0 saturated heterocycles. The molecule has 0 spiro atoms. The van der Waals surface area contributed by atoms with Gasteiger partial charge in [0.1, 0.15) is 0 Å². The Morgan fingerprint density at radius 2 is 2.32 bits per heavy atom. The van der Waals surface area contributed by atoms with Crippen molar-refractivity contribution in [3.05, 3.63) is 47.2 Å². The number of anilines is 1. The average Bonchev–Trinajstić information content (AvgIpc) is 2.87. The van der Waals surface area contributed by atoms with E-state index in [1.165, 1.54) is 0 Å². The molecule has 1 heterocycles. The molecule has 3 N–H and O–H groups in total. The molecule has 0 unspecified atom stereocenters. The van der Waals surface area contributed by atoms with E-state index in [4.69, 9.17) is 17.3 Å². The lowest BCUT2D eigenvalue weighted by Crippen LogP contribution is -2.25. The van der Waals surface area contributed by atoms with Crippen molar-refractivity contribution in [3.63, 3.8) is 0 Å². The van der Waals surface area contributed by atoms with Gasteiger partial charge in [0.25, 0.3) is 5.91 Å². The summed E-state index contributed by atoms with van der Waals surface area (Å²) >= 11 is 5.96. The summed E-state index contributed by atoms with van der Waals surface area (Å²) in [5.41, 5.74) is 6.56. The number of aryl methyl sites for hydroxylation is 1. The quantitative estimate of drug-likeness (QED) is 0.648. The van der Waals surface area contributed by atoms with Gasteiger partial charge in [-0.05, 0) is 30.7 Å². The van der Waals surface area contributed by atoms with Crippen LogP contribution < -0.4 is 11.1 Å². The number of benzene rings is 1. The van der Waals surface area contributed by atoms with Crippen LogP contribution in [0, 0.1) is 0 Å². The van der Waals surface area contributed by atoms with Crippen molar-refractivity contribution in [2.24, 2.45) is 0 Å². The molecule has 0 aliphatic carbocycles. The molecule has 1 amide bonds. The second-order valence-electron chi connectivity index (χ2n) is 4.12. The fraction of sp³-hybridized carbons (Fsp3) is 0.231. The Hall–Kier alpha value is -2.01. The predicted octanol–water partition coefficient (Wildman–Crippen LogP) is 1.94. The zero-order chi connectivity index (χ0) is 13.7. The number of hydrogen-bond acceptors (Lipinski definition) is 3. The van der Waals surface area contributed by atoms with Crippen LogP contribution in [0.3, 0.4) is 0 Å². The van der Waals surface area contributed by atoms with E-state index in [1.807, 2.05) is 16.9 Å². The van der Waals surface area contributed by atoms with Gasteiger partial charge in [0.15, 0.2) is 0 Å². The Morgan fingerprint density at radius 3 is 3.00 bits per heavy atom. The fourth-order valence-electron chi connectivity index (χ4n) is 1.69. The molecule has 2 aromatic rings. The van der Waals surface area contributed by atoms with Crippen LogP contribution >= 0.6 is 11.6 Å². The minimum Gasteiger partial charge on any atom is -0.399 e. The maximum absolute atomic E-state index is 11.9. The van der Waals surface area contributed by atoms with Gasteiger partial charge in [-0.3, -0.25) is 9.48 Å². The number of nitrogen functional groups attached to an aromatic ring is 1. The Labute approximate surface area is 116 Å². The van der Waals surface area contributed by atoms with E-state index >= 15 is 0 Å². The van der Waals surface area contributed by atoms with Crippen LogP contribution in [0.2, 0.25) is 5.02 Å². The third-order valence-corrected chi connectivity index (χ3v) is 2.96. The molecule has 0 atom stereocenters. The standard InChI is InChI=1S/C13H15ClN4O/c14-12-9-10(15)3-4-11(12)13(19)16-5-1-7-18-8-2-6-17-18/h2-4,6,8-9H,1,5,7,15H2,(H,16,19). The molecule has 2 rings (SSSR count). The summed E-state index contributed by atoms with van der Waals surface area (Å²) in [5, 5.41) is 7.27. The van der Waals surface area contributed by atoms with Gasteiger partial charge in [-0.15, -0.1) is 0 Å². The lowest BCUT2D eigenvalue weighted by Gasteiger charge is -2.07. The second kappa shape index (κ2) is 6.24. The van der Waals surface area contributed by atoms with Gasteiger partial charge in [0.2, 0.25) is 0 Å². The number of nitrogens with two attached hydrogens (primary N) is 1. The summed E-state index contributed by atoms with van der Waals surface area (Å²) in [7, 11) is 0. The van der Waals surface area contributed by atoms with Gasteiger partial charge in [0.05, 0.1) is 10.6 Å². The molecular formula is C13H15ClN4O. The molecule has 0 aliphatic heterocycles. The largest absolute Gasteiger partial charge is 0.399 e. The van der Waals surface area contributed by atoms with Crippen molar-refractivity contribution in [3.8, 4) is 0 Å². The van der Waals surface area contributed by atoms with Crippen molar-refractivity contribution in [1.82, 2.24) is 15.1 Å². The molecule has 5 nitrogen and oxygen atoms in total. The molecule has 1 aromatic carbocycles. The van der Waals surface area contributed by atoms with Crippen LogP contribution in [0.1, 0.15) is 16.8 Å². The third kappa shape index (κ3) is 3.72. The van der Waals surface area contributed by atoms with Gasteiger partial charge in [-0.25, -0.2) is 0 Å². The van der Waals surface area contributed by atoms with Gasteiger partial charge in [0, 0.05) is 31.2 Å². The van der Waals surface area contributed by atoms with Crippen LogP contribution in [0.15, 0.2) is 36.7 Å². The fourth-order valence-corrected chi connectivity index (χ4v) is 1.96. The molecule has 1 aromatic heterocycles. The first-order valence-electron chi connectivity index (χ1n) is 5.97. The van der Waals surface area contributed by atoms with E-state index in [0.717, 1.165) is 13.0 Å². The first-order chi connectivity index (χ1) is 9.16. The number of nitrogens with zero attached hydrogens (tertiary/aromatic N) is 2. The zero-order valence-corrected chi connectivity index (χ0v) is 11.1. The number of nitrogens with one attached hydrogen (secondary N) is 1. The molecule has 19 heavy (non-hydrogen) atoms. The topological polar surface area (TPSA) is 72.9 Å². The first-order valence-corrected chi connectivity index (χ1v) is 6.35. The van der Waals surface area contributed by atoms with Crippen LogP contribution in [0.5, 0.6) is 0 Å². The zero-order valence-electron chi connectivity index (χ0n) is 10.3. The van der Waals surface area contributed by atoms with Gasteiger partial charge in [-0.1, -0.05) is 11.6 Å². The number of carbonyl (C=O) groups is 1. The van der Waals surface area contributed by atoms with E-state index in [1.54, 1.807) is 24.4 Å². The van der Waals surface area contributed by atoms with Crippen molar-refractivity contribution in [2.75, 3.05) is 12.3 Å². The molecule has 6 heteroatoms. The average molecular weight is 279 g/mol. The Bertz CT molecular complexity index is 554. The predicted molar refractivity (Wildman–Crippen MR) is 75.0 cm³/mol. The molecular weight excluding hydrogens is 264 g/mol. The first kappa shape index (κ1) is 13.4. The van der Waals surface area contributed by atoms with Crippen molar-refractivity contribution in [2.45, 2.75) is 13.0 Å². The summed E-state index contributed by atoms with van der Waals surface area (Å²) in [4.78, 5) is 11.9. The van der Waals surface area contributed by atoms with E-state index in [0.29, 0.717) is 22.8 Å². The number of halogens is 1. The summed E-state index contributed by atoms with van der Waals surface area (Å²) in [6.07, 6.45) is 4.42. The lowest BCUT2D eigenvalue weighted by molar-refractivity contribution is 0.0953. The van der Waals surface area contributed by atoms with E-state index in [9.17, 15) is 4.79 Å². The third-order valence-electron chi connectivity index (χ3n) is 2.65. The number of amides is 1. The van der Waals surface area contributed by atoms with Gasteiger partial charge < -0.3 is 11.1 Å². The van der Waals surface area contributed by atoms with Crippen molar-refractivity contribution in [1.29, 1.82) is 0 Å². The highest BCUT2D eigenvalue weighted by Gasteiger charge is 2.09. The van der Waals surface area contributed by atoms with Gasteiger partial charge >= 0.3 is 0 Å². The highest BCUT2D eigenvalue weighted by Crippen LogP contribution is 2.18. The SMILES string of the molecule is Nc1ccc(C(=O)NCCCn2cccn2)c(Cl)c1. The highest BCUT2D eigenvalue weighted by molar-refractivity contribution is 6.34. The number of aromatic nitrogens is 2. The number of hydrogen-bond donors (Lipinski definition) is 2. The summed E-state index contributed by atoms with van der Waals surface area (Å²) in [5.74, 6) is -0.189. The molecule has 100 valence electrons. The Balaban J connectivity index is 1.81. The number of rotatable bonds is 5. The monoisotopic (exact) mass is 278 g/mol. The lowest BCUT2D eigenvalue weighted by atomic mass is 10.2. The molecule has 0 radical (unpaired) electrons. The summed E-state index contributed by atoms with van der Waals surface area (Å²) in [6, 6.07) is 6.72. The molecule has 0 saturated carbocycles. The van der Waals surface area contributed by atoms with E-state index < -0.39 is 0 Å². The minimum absolute atomic E-state index is 0.189. The van der Waals surface area contributed by atoms with Crippen LogP contribution in [0.4, 0.5) is 5.69 Å². The molecule has 0 bridgehead atoms. The maximum Gasteiger partial charge on any atom is 0.252 e. The molecule has 0 aliphatic rings. The minimum atomic E-state index is -0.189. The van der Waals surface area contributed by atoms with Crippen molar-refractivity contribution >= 4 is 23.2 Å². The normalized spacial score (nSPS) is 10.4. The van der Waals surface area contributed by atoms with E-state index in [-0.39, 0.29) is 5.91 Å². The maximum atomic E-state index is 11.9. The smallest absolute Gasteiger partial charge is 0.252 e. The molecule has 0 fully saturated rings. The second-order valence-corrected chi connectivity index (χ2v) is 4.53. The van der Waals surface area contributed by atoms with Crippen LogP contribution in [-0.4, -0.2) is 22.2 Å². The van der Waals surface area contributed by atoms with E-state index in [2.05, 4.69) is 10.4 Å². The number of carbonyl (C=O) groups excluding carboxylic acids is 1. The van der Waals surface area contributed by atoms with Crippen LogP contribution in [-0.2, 0) is 6.54 Å². The Morgan fingerprint density at radius 1 is 1.47 bits per heavy atom. The van der Waals surface area contributed by atoms with Crippen molar-refractivity contribution < 1.29 is 4.79 Å². The summed E-state index contributed by atoms with van der Waals surface area (Å²) in [6.45, 7) is 1.34. The summed E-state index contributed by atoms with van der Waals surface area (Å²) < 4.78 is 1.82. The Kier molecular flexibility index (Phi) is 4.41. The van der Waals surface area contributed by atoms with Gasteiger partial charge in [-0.2, -0.15) is 5.10 Å². The highest BCUT2D eigenvalue weighted by atomic mass is 35.5. The van der Waals surface area contributed by atoms with Crippen LogP contribution in [0.25, 0.3) is 0 Å².